The Kier molecular flexibility index (Phi) is 6.41. The van der Waals surface area contributed by atoms with Crippen LogP contribution in [0.2, 0.25) is 0 Å². The number of carbonyl (C=O) groups excluding carboxylic acids is 1. The van der Waals surface area contributed by atoms with E-state index in [-0.39, 0.29) is 23.3 Å². The standard InChI is InChI=1S/C25H29N3O4S/c1-18-15-23(20(3)28(18)19(2)21-9-5-4-6-10-21)24(29)17-26-16-22(11-12-25(26)30)33(31,32)27-13-7-8-14-27/h4-6,9-12,15-16,19H,7-8,13-14,17H2,1-3H3/t19-/m0/s1. The summed E-state index contributed by atoms with van der Waals surface area (Å²) in [5.41, 5.74) is 3.03. The zero-order chi connectivity index (χ0) is 23.8. The van der Waals surface area contributed by atoms with E-state index in [9.17, 15) is 18.0 Å². The lowest BCUT2D eigenvalue weighted by molar-refractivity contribution is 0.0969. The number of benzene rings is 1. The van der Waals surface area contributed by atoms with Crippen LogP contribution in [0.4, 0.5) is 0 Å². The zero-order valence-corrected chi connectivity index (χ0v) is 20.0. The van der Waals surface area contributed by atoms with Gasteiger partial charge in [0, 0.05) is 42.3 Å². The highest BCUT2D eigenvalue weighted by molar-refractivity contribution is 7.89. The lowest BCUT2D eigenvalue weighted by atomic mass is 10.1. The fourth-order valence-electron chi connectivity index (χ4n) is 4.64. The minimum atomic E-state index is -3.67. The quantitative estimate of drug-likeness (QED) is 0.498. The maximum Gasteiger partial charge on any atom is 0.251 e. The number of aromatic nitrogens is 2. The van der Waals surface area contributed by atoms with E-state index < -0.39 is 15.6 Å². The van der Waals surface area contributed by atoms with Gasteiger partial charge in [0.2, 0.25) is 10.0 Å². The first-order valence-electron chi connectivity index (χ1n) is 11.2. The van der Waals surface area contributed by atoms with E-state index in [2.05, 4.69) is 23.6 Å². The van der Waals surface area contributed by atoms with Gasteiger partial charge >= 0.3 is 0 Å². The number of nitrogens with zero attached hydrogens (tertiary/aromatic N) is 3. The number of rotatable bonds is 7. The highest BCUT2D eigenvalue weighted by Crippen LogP contribution is 2.26. The first-order valence-corrected chi connectivity index (χ1v) is 12.6. The largest absolute Gasteiger partial charge is 0.341 e. The molecule has 8 heteroatoms. The summed E-state index contributed by atoms with van der Waals surface area (Å²) in [5.74, 6) is -0.229. The molecule has 0 bridgehead atoms. The minimum Gasteiger partial charge on any atom is -0.341 e. The van der Waals surface area contributed by atoms with Gasteiger partial charge in [-0.1, -0.05) is 30.3 Å². The Morgan fingerprint density at radius 2 is 1.70 bits per heavy atom. The SMILES string of the molecule is Cc1cc(C(=O)Cn2cc(S(=O)(=O)N3CCCC3)ccc2=O)c(C)n1[C@@H](C)c1ccccc1. The van der Waals surface area contributed by atoms with Gasteiger partial charge in [0.1, 0.15) is 0 Å². The Balaban J connectivity index is 1.62. The normalized spacial score (nSPS) is 15.6. The lowest BCUT2D eigenvalue weighted by Gasteiger charge is -2.19. The average Bonchev–Trinajstić information content (AvgIpc) is 3.44. The van der Waals surface area contributed by atoms with Crippen LogP contribution in [0.5, 0.6) is 0 Å². The molecule has 0 aliphatic carbocycles. The highest BCUT2D eigenvalue weighted by Gasteiger charge is 2.28. The van der Waals surface area contributed by atoms with Crippen molar-refractivity contribution in [1.29, 1.82) is 0 Å². The van der Waals surface area contributed by atoms with E-state index in [0.717, 1.165) is 29.8 Å². The van der Waals surface area contributed by atoms with Crippen LogP contribution in [0.15, 0.2) is 64.4 Å². The number of sulfonamides is 1. The molecule has 1 aliphatic rings. The van der Waals surface area contributed by atoms with Crippen molar-refractivity contribution in [2.75, 3.05) is 13.1 Å². The number of Topliss-reactive ketones (excluding diaryl/α,β-unsaturated/α-hetero) is 1. The van der Waals surface area contributed by atoms with Crippen molar-refractivity contribution in [1.82, 2.24) is 13.4 Å². The number of ketones is 1. The molecule has 0 saturated carbocycles. The third kappa shape index (κ3) is 4.45. The van der Waals surface area contributed by atoms with Gasteiger partial charge < -0.3 is 9.13 Å². The van der Waals surface area contributed by atoms with Crippen LogP contribution in [-0.2, 0) is 16.6 Å². The van der Waals surface area contributed by atoms with Gasteiger partial charge in [-0.05, 0) is 51.3 Å². The van der Waals surface area contributed by atoms with Crippen molar-refractivity contribution in [2.24, 2.45) is 0 Å². The fraction of sp³-hybridized carbons (Fsp3) is 0.360. The molecule has 2 aromatic heterocycles. The molecule has 0 radical (unpaired) electrons. The molecule has 1 fully saturated rings. The van der Waals surface area contributed by atoms with Gasteiger partial charge in [0.05, 0.1) is 17.5 Å². The van der Waals surface area contributed by atoms with Crippen molar-refractivity contribution in [3.63, 3.8) is 0 Å². The van der Waals surface area contributed by atoms with Crippen molar-refractivity contribution < 1.29 is 13.2 Å². The van der Waals surface area contributed by atoms with Gasteiger partial charge in [0.25, 0.3) is 5.56 Å². The second kappa shape index (κ2) is 9.11. The Hall–Kier alpha value is -2.97. The molecule has 1 aromatic carbocycles. The van der Waals surface area contributed by atoms with Gasteiger partial charge in [-0.3, -0.25) is 9.59 Å². The summed E-state index contributed by atoms with van der Waals surface area (Å²) in [4.78, 5) is 25.7. The molecule has 1 saturated heterocycles. The third-order valence-electron chi connectivity index (χ3n) is 6.43. The molecule has 1 aliphatic heterocycles. The van der Waals surface area contributed by atoms with Gasteiger partial charge in [-0.2, -0.15) is 4.31 Å². The summed E-state index contributed by atoms with van der Waals surface area (Å²) >= 11 is 0. The van der Waals surface area contributed by atoms with Crippen LogP contribution < -0.4 is 5.56 Å². The van der Waals surface area contributed by atoms with Crippen LogP contribution in [0.1, 0.15) is 53.1 Å². The van der Waals surface area contributed by atoms with Crippen molar-refractivity contribution >= 4 is 15.8 Å². The topological polar surface area (TPSA) is 81.4 Å². The van der Waals surface area contributed by atoms with E-state index in [1.54, 1.807) is 0 Å². The summed E-state index contributed by atoms with van der Waals surface area (Å²) < 4.78 is 30.5. The Labute approximate surface area is 194 Å². The maximum atomic E-state index is 13.2. The Morgan fingerprint density at radius 1 is 1.03 bits per heavy atom. The first-order chi connectivity index (χ1) is 15.7. The van der Waals surface area contributed by atoms with E-state index in [0.29, 0.717) is 18.7 Å². The van der Waals surface area contributed by atoms with E-state index in [4.69, 9.17) is 0 Å². The van der Waals surface area contributed by atoms with Crippen molar-refractivity contribution in [3.05, 3.63) is 87.6 Å². The molecular formula is C25H29N3O4S. The smallest absolute Gasteiger partial charge is 0.251 e. The number of carbonyl (C=O) groups is 1. The van der Waals surface area contributed by atoms with E-state index >= 15 is 0 Å². The van der Waals surface area contributed by atoms with Crippen LogP contribution in [0.25, 0.3) is 0 Å². The van der Waals surface area contributed by atoms with E-state index in [1.165, 1.54) is 27.2 Å². The summed E-state index contributed by atoms with van der Waals surface area (Å²) in [6, 6.07) is 14.5. The van der Waals surface area contributed by atoms with Gasteiger partial charge in [-0.15, -0.1) is 0 Å². The molecule has 4 rings (SSSR count). The highest BCUT2D eigenvalue weighted by atomic mass is 32.2. The second-order valence-corrected chi connectivity index (χ2v) is 10.5. The molecule has 3 heterocycles. The number of pyridine rings is 1. The zero-order valence-electron chi connectivity index (χ0n) is 19.2. The van der Waals surface area contributed by atoms with Crippen LogP contribution >= 0.6 is 0 Å². The molecule has 7 nitrogen and oxygen atoms in total. The summed E-state index contributed by atoms with van der Waals surface area (Å²) in [5, 5.41) is 0. The third-order valence-corrected chi connectivity index (χ3v) is 8.31. The molecule has 1 atom stereocenters. The first kappa shape index (κ1) is 23.2. The van der Waals surface area contributed by atoms with Gasteiger partial charge in [-0.25, -0.2) is 8.42 Å². The maximum absolute atomic E-state index is 13.2. The van der Waals surface area contributed by atoms with Crippen molar-refractivity contribution in [3.8, 4) is 0 Å². The number of hydrogen-bond acceptors (Lipinski definition) is 4. The van der Waals surface area contributed by atoms with Gasteiger partial charge in [0.15, 0.2) is 5.78 Å². The molecule has 0 spiro atoms. The van der Waals surface area contributed by atoms with E-state index in [1.807, 2.05) is 38.1 Å². The molecular weight excluding hydrogens is 438 g/mol. The molecule has 33 heavy (non-hydrogen) atoms. The van der Waals surface area contributed by atoms with Crippen molar-refractivity contribution in [2.45, 2.75) is 51.1 Å². The number of hydrogen-bond donors (Lipinski definition) is 0. The number of aryl methyl sites for hydroxylation is 1. The van der Waals surface area contributed by atoms with Crippen LogP contribution in [0.3, 0.4) is 0 Å². The average molecular weight is 468 g/mol. The molecule has 0 N–H and O–H groups in total. The summed E-state index contributed by atoms with van der Waals surface area (Å²) in [6.07, 6.45) is 2.95. The lowest BCUT2D eigenvalue weighted by Crippen LogP contribution is -2.30. The van der Waals surface area contributed by atoms with Crippen LogP contribution in [0, 0.1) is 13.8 Å². The minimum absolute atomic E-state index is 0.0416. The Morgan fingerprint density at radius 3 is 2.36 bits per heavy atom. The fourth-order valence-corrected chi connectivity index (χ4v) is 6.18. The molecule has 174 valence electrons. The second-order valence-electron chi connectivity index (χ2n) is 8.61. The summed E-state index contributed by atoms with van der Waals surface area (Å²) in [7, 11) is -3.67. The molecule has 3 aromatic rings. The van der Waals surface area contributed by atoms with Crippen LogP contribution in [-0.4, -0.2) is 40.7 Å². The predicted octanol–water partition coefficient (Wildman–Crippen LogP) is 3.54. The molecule has 0 amide bonds. The molecule has 0 unspecified atom stereocenters. The Bertz CT molecular complexity index is 1330. The predicted molar refractivity (Wildman–Crippen MR) is 127 cm³/mol. The summed E-state index contributed by atoms with van der Waals surface area (Å²) in [6.45, 7) is 6.68. The monoisotopic (exact) mass is 467 g/mol.